The van der Waals surface area contributed by atoms with Gasteiger partial charge < -0.3 is 9.47 Å². The number of nitriles is 2. The van der Waals surface area contributed by atoms with Crippen LogP contribution in [0.2, 0.25) is 0 Å². The van der Waals surface area contributed by atoms with Crippen molar-refractivity contribution >= 4 is 10.8 Å². The third-order valence-electron chi connectivity index (χ3n) is 21.2. The lowest BCUT2D eigenvalue weighted by molar-refractivity contribution is -0.439. The second-order valence-electron chi connectivity index (χ2n) is 20.3. The van der Waals surface area contributed by atoms with E-state index in [-0.39, 0.29) is 0 Å². The molecule has 2 unspecified atom stereocenters. The summed E-state index contributed by atoms with van der Waals surface area (Å²) in [5.41, 5.74) is 6.55. The lowest BCUT2D eigenvalue weighted by Gasteiger charge is -2.91. The van der Waals surface area contributed by atoms with Crippen LogP contribution in [0.4, 0.5) is 0 Å². The van der Waals surface area contributed by atoms with Gasteiger partial charge in [-0.2, -0.15) is 10.5 Å². The van der Waals surface area contributed by atoms with Crippen LogP contribution in [0.5, 0.6) is 11.5 Å². The van der Waals surface area contributed by atoms with Crippen LogP contribution in [-0.2, 0) is 0 Å². The molecule has 4 nitrogen and oxygen atoms in total. The summed E-state index contributed by atoms with van der Waals surface area (Å²) in [5.74, 6) is 15.5. The van der Waals surface area contributed by atoms with E-state index in [4.69, 9.17) is 9.47 Å². The van der Waals surface area contributed by atoms with Crippen LogP contribution in [0.3, 0.4) is 0 Å². The van der Waals surface area contributed by atoms with Gasteiger partial charge in [0.05, 0.1) is 14.2 Å². The molecule has 6 bridgehead atoms. The van der Waals surface area contributed by atoms with Crippen LogP contribution in [0.15, 0.2) is 35.4 Å². The fourth-order valence-corrected chi connectivity index (χ4v) is 20.8. The fourth-order valence-electron chi connectivity index (χ4n) is 20.8. The molecule has 10 saturated carbocycles. The van der Waals surface area contributed by atoms with E-state index in [0.717, 1.165) is 107 Å². The summed E-state index contributed by atoms with van der Waals surface area (Å²) >= 11 is 0. The van der Waals surface area contributed by atoms with Crippen molar-refractivity contribution in [3.63, 3.8) is 0 Å². The van der Waals surface area contributed by atoms with Gasteiger partial charge in [0.15, 0.2) is 0 Å². The number of rotatable bonds is 2. The van der Waals surface area contributed by atoms with Crippen LogP contribution in [0, 0.1) is 127 Å². The van der Waals surface area contributed by atoms with Crippen LogP contribution in [0.25, 0.3) is 10.8 Å². The van der Waals surface area contributed by atoms with E-state index in [9.17, 15) is 10.5 Å². The van der Waals surface area contributed by atoms with Crippen molar-refractivity contribution in [2.24, 2.45) is 105 Å². The van der Waals surface area contributed by atoms with E-state index in [1.165, 1.54) is 46.7 Å². The van der Waals surface area contributed by atoms with E-state index < -0.39 is 0 Å². The minimum atomic E-state index is 0.440. The number of ether oxygens (including phenoxy) is 2. The highest BCUT2D eigenvalue weighted by molar-refractivity contribution is 5.97. The number of hydrogen-bond donors (Lipinski definition) is 0. The summed E-state index contributed by atoms with van der Waals surface area (Å²) < 4.78 is 12.7. The van der Waals surface area contributed by atoms with E-state index >= 15 is 0 Å². The average molecular weight is 649 g/mol. The molecule has 10 fully saturated rings. The first-order valence-electron chi connectivity index (χ1n) is 19.9. The van der Waals surface area contributed by atoms with Gasteiger partial charge >= 0.3 is 0 Å². The Bertz CT molecular complexity index is 1980. The normalized spacial score (nSPS) is 58.2. The molecular weight excluding hydrogens is 601 g/mol. The van der Waals surface area contributed by atoms with Gasteiger partial charge in [0.25, 0.3) is 0 Å². The van der Waals surface area contributed by atoms with Gasteiger partial charge in [-0.05, 0) is 154 Å². The zero-order valence-corrected chi connectivity index (χ0v) is 29.8. The quantitative estimate of drug-likeness (QED) is 0.185. The molecule has 49 heavy (non-hydrogen) atoms. The van der Waals surface area contributed by atoms with Crippen molar-refractivity contribution in [1.82, 2.24) is 0 Å². The Kier molecular flexibility index (Phi) is 4.39. The first-order chi connectivity index (χ1) is 23.7. The van der Waals surface area contributed by atoms with Gasteiger partial charge in [0.2, 0.25) is 0 Å². The molecule has 0 N–H and O–H groups in total. The molecule has 20 atom stereocenters. The molecular formula is C45H48N2O2. The molecule has 4 heteroatoms. The Balaban J connectivity index is 0.891. The van der Waals surface area contributed by atoms with Crippen molar-refractivity contribution in [2.75, 3.05) is 14.2 Å². The standard InChI is InChI=1S/C45H48N2O2/c1-42-32-24-13-25(23-12-18(11-22(23)24)19(16-46)17-47)33(32)43(42,2)37-29-15-28(36(37)42)38-39(29)45(4)35-27-14-26(34(35)44(38,45)3)30-31(27)41(49-6)21-10-8-7-9-20(21)40(30)48-5/h7-10,22-29,32-39H,11-15H2,1-6H3/t22?,23?,24-,25+,26+,27-,28-,29+,32-,33+,34+,35-,36+,37-,38-,39+,42-,43+,44+,45-. The number of nitrogens with zero attached hydrogens (tertiary/aromatic N) is 2. The van der Waals surface area contributed by atoms with E-state index in [0.29, 0.717) is 39.1 Å². The maximum Gasteiger partial charge on any atom is 0.130 e. The largest absolute Gasteiger partial charge is 0.496 e. The highest BCUT2D eigenvalue weighted by Crippen LogP contribution is 3.01. The smallest absolute Gasteiger partial charge is 0.130 e. The molecule has 0 radical (unpaired) electrons. The molecule has 0 saturated heterocycles. The van der Waals surface area contributed by atoms with Crippen LogP contribution >= 0.6 is 0 Å². The number of fused-ring (bicyclic) bond motifs is 35. The van der Waals surface area contributed by atoms with Gasteiger partial charge in [-0.3, -0.25) is 0 Å². The summed E-state index contributed by atoms with van der Waals surface area (Å²) in [7, 11) is 3.79. The number of hydrogen-bond acceptors (Lipinski definition) is 4. The topological polar surface area (TPSA) is 66.0 Å². The van der Waals surface area contributed by atoms with E-state index in [1.54, 1.807) is 0 Å². The molecule has 0 amide bonds. The van der Waals surface area contributed by atoms with Crippen molar-refractivity contribution in [3.05, 3.63) is 46.5 Å². The third-order valence-corrected chi connectivity index (χ3v) is 21.2. The molecule has 250 valence electrons. The number of allylic oxidation sites excluding steroid dienone is 2. The summed E-state index contributed by atoms with van der Waals surface area (Å²) in [6.07, 6.45) is 6.33. The summed E-state index contributed by atoms with van der Waals surface area (Å²) in [4.78, 5) is 0. The van der Waals surface area contributed by atoms with E-state index in [2.05, 4.69) is 64.1 Å². The zero-order valence-electron chi connectivity index (χ0n) is 29.8. The molecule has 0 heterocycles. The average Bonchev–Trinajstić information content (AvgIpc) is 3.97. The maximum absolute atomic E-state index is 9.71. The second kappa shape index (κ2) is 7.76. The second-order valence-corrected chi connectivity index (χ2v) is 20.3. The van der Waals surface area contributed by atoms with Gasteiger partial charge in [-0.1, -0.05) is 52.0 Å². The van der Waals surface area contributed by atoms with Crippen molar-refractivity contribution in [3.8, 4) is 23.6 Å². The van der Waals surface area contributed by atoms with Gasteiger partial charge in [-0.25, -0.2) is 0 Å². The Hall–Kier alpha value is -2.98. The Morgan fingerprint density at radius 1 is 0.571 bits per heavy atom. The van der Waals surface area contributed by atoms with Crippen molar-refractivity contribution in [1.29, 1.82) is 10.5 Å². The Labute approximate surface area is 290 Å². The van der Waals surface area contributed by atoms with Crippen LogP contribution in [0.1, 0.15) is 82.8 Å². The molecule has 13 rings (SSSR count). The third kappa shape index (κ3) is 2.21. The monoisotopic (exact) mass is 648 g/mol. The molecule has 0 spiro atoms. The summed E-state index contributed by atoms with van der Waals surface area (Å²) in [6, 6.07) is 13.3. The predicted octanol–water partition coefficient (Wildman–Crippen LogP) is 9.12. The minimum absolute atomic E-state index is 0.440. The first kappa shape index (κ1) is 27.7. The predicted molar refractivity (Wildman–Crippen MR) is 185 cm³/mol. The van der Waals surface area contributed by atoms with Gasteiger partial charge in [0.1, 0.15) is 29.2 Å². The fraction of sp³-hybridized carbons (Fsp3) is 0.689. The number of methoxy groups -OCH3 is 2. The SMILES string of the molecule is COc1c2c(c(OC)c3ccccc13)[C@@H]1C[C@H]2[C@@H]2[C@H]1[C@@]1(C)[C@@H]3[C@@H]4C[C@@H]([C@@H]5[C@H]4[C@@]4(C)[C@H]6[C@H]([C@H]7C[C@@H]6C6CC(=C(C#N)C#N)CC67)[C@@]54C)[C@@H]3[C@@]21C. The number of benzene rings is 2. The van der Waals surface area contributed by atoms with Gasteiger partial charge in [0, 0.05) is 21.9 Å². The highest BCUT2D eigenvalue weighted by atomic mass is 16.5. The van der Waals surface area contributed by atoms with Crippen LogP contribution in [-0.4, -0.2) is 14.2 Å². The van der Waals surface area contributed by atoms with Crippen molar-refractivity contribution in [2.45, 2.75) is 71.6 Å². The minimum Gasteiger partial charge on any atom is -0.496 e. The lowest BCUT2D eigenvalue weighted by Crippen LogP contribution is -2.87. The molecule has 11 aliphatic rings. The first-order valence-corrected chi connectivity index (χ1v) is 19.9. The molecule has 2 aromatic carbocycles. The van der Waals surface area contributed by atoms with Gasteiger partial charge in [-0.15, -0.1) is 0 Å². The van der Waals surface area contributed by atoms with Crippen LogP contribution < -0.4 is 9.47 Å². The molecule has 0 aromatic heterocycles. The summed E-state index contributed by atoms with van der Waals surface area (Å²) in [5, 5.41) is 21.9. The zero-order chi connectivity index (χ0) is 33.0. The lowest BCUT2D eigenvalue weighted by atomic mass is 9.13. The molecule has 2 aromatic rings. The van der Waals surface area contributed by atoms with Crippen molar-refractivity contribution < 1.29 is 9.47 Å². The highest BCUT2D eigenvalue weighted by Gasteiger charge is 2.97. The van der Waals surface area contributed by atoms with E-state index in [1.807, 2.05) is 14.2 Å². The maximum atomic E-state index is 9.71. The Morgan fingerprint density at radius 3 is 1.37 bits per heavy atom. The molecule has 11 aliphatic carbocycles. The Morgan fingerprint density at radius 2 is 0.959 bits per heavy atom. The summed E-state index contributed by atoms with van der Waals surface area (Å²) in [6.45, 7) is 11.2. The molecule has 0 aliphatic heterocycles.